The average Bonchev–Trinajstić information content (AvgIpc) is 2.63. The van der Waals surface area contributed by atoms with Crippen molar-refractivity contribution in [2.45, 2.75) is 6.61 Å². The number of nitrogens with zero attached hydrogens (tertiary/aromatic N) is 1. The van der Waals surface area contributed by atoms with E-state index in [0.717, 1.165) is 50.8 Å². The number of nitrogens with one attached hydrogen (secondary N) is 1. The van der Waals surface area contributed by atoms with Crippen molar-refractivity contribution in [1.29, 1.82) is 0 Å². The Balaban J connectivity index is 1.40. The van der Waals surface area contributed by atoms with Crippen LogP contribution in [0.25, 0.3) is 0 Å². The highest BCUT2D eigenvalue weighted by Crippen LogP contribution is 2.18. The van der Waals surface area contributed by atoms with Gasteiger partial charge in [-0.15, -0.1) is 0 Å². The van der Waals surface area contributed by atoms with Gasteiger partial charge in [0.25, 0.3) is 0 Å². The van der Waals surface area contributed by atoms with Gasteiger partial charge in [-0.3, -0.25) is 4.90 Å². The third kappa shape index (κ3) is 5.27. The quantitative estimate of drug-likeness (QED) is 0.852. The van der Waals surface area contributed by atoms with E-state index in [-0.39, 0.29) is 0 Å². The van der Waals surface area contributed by atoms with Gasteiger partial charge in [0.2, 0.25) is 0 Å². The van der Waals surface area contributed by atoms with Gasteiger partial charge < -0.3 is 14.8 Å². The first kappa shape index (κ1) is 15.8. The zero-order chi connectivity index (χ0) is 15.7. The van der Waals surface area contributed by atoms with Crippen molar-refractivity contribution in [3.63, 3.8) is 0 Å². The number of hydrogen-bond acceptors (Lipinski definition) is 4. The predicted octanol–water partition coefficient (Wildman–Crippen LogP) is 2.55. The molecule has 1 aliphatic rings. The molecule has 4 nitrogen and oxygen atoms in total. The second kappa shape index (κ2) is 8.56. The molecule has 1 heterocycles. The molecule has 2 aromatic carbocycles. The van der Waals surface area contributed by atoms with Gasteiger partial charge in [-0.2, -0.15) is 0 Å². The maximum Gasteiger partial charge on any atom is 0.120 e. The minimum absolute atomic E-state index is 0.587. The summed E-state index contributed by atoms with van der Waals surface area (Å²) >= 11 is 0. The zero-order valence-electron chi connectivity index (χ0n) is 13.4. The lowest BCUT2D eigenvalue weighted by molar-refractivity contribution is 0.191. The number of piperazine rings is 1. The second-order valence-corrected chi connectivity index (χ2v) is 5.69. The standard InChI is InChI=1S/C19H24N2O2/c1-2-4-17(5-3-1)16-23-19-8-6-18(7-9-19)22-15-14-21-12-10-20-11-13-21/h1-9,20H,10-16H2. The van der Waals surface area contributed by atoms with Crippen LogP contribution in [-0.2, 0) is 6.61 Å². The first-order valence-electron chi connectivity index (χ1n) is 8.23. The maximum atomic E-state index is 5.81. The van der Waals surface area contributed by atoms with Crippen molar-refractivity contribution in [3.8, 4) is 11.5 Å². The molecule has 3 rings (SSSR count). The molecule has 0 aliphatic carbocycles. The van der Waals surface area contributed by atoms with Gasteiger partial charge in [0.05, 0.1) is 0 Å². The third-order valence-corrected chi connectivity index (χ3v) is 3.96. The lowest BCUT2D eigenvalue weighted by atomic mass is 10.2. The van der Waals surface area contributed by atoms with E-state index in [2.05, 4.69) is 22.3 Å². The van der Waals surface area contributed by atoms with Crippen molar-refractivity contribution in [1.82, 2.24) is 10.2 Å². The lowest BCUT2D eigenvalue weighted by Gasteiger charge is -2.26. The van der Waals surface area contributed by atoms with E-state index in [0.29, 0.717) is 6.61 Å². The molecule has 1 N–H and O–H groups in total. The molecule has 4 heteroatoms. The minimum Gasteiger partial charge on any atom is -0.492 e. The van der Waals surface area contributed by atoms with Crippen LogP contribution in [-0.4, -0.2) is 44.2 Å². The molecular weight excluding hydrogens is 288 g/mol. The van der Waals surface area contributed by atoms with Crippen LogP contribution >= 0.6 is 0 Å². The largest absolute Gasteiger partial charge is 0.492 e. The first-order valence-corrected chi connectivity index (χ1v) is 8.23. The van der Waals surface area contributed by atoms with Crippen LogP contribution < -0.4 is 14.8 Å². The van der Waals surface area contributed by atoms with Crippen LogP contribution in [0.5, 0.6) is 11.5 Å². The molecule has 0 atom stereocenters. The van der Waals surface area contributed by atoms with Crippen LogP contribution in [0.2, 0.25) is 0 Å². The molecule has 1 aliphatic heterocycles. The highest BCUT2D eigenvalue weighted by molar-refractivity contribution is 5.31. The van der Waals surface area contributed by atoms with Crippen molar-refractivity contribution in [2.24, 2.45) is 0 Å². The average molecular weight is 312 g/mol. The van der Waals surface area contributed by atoms with Crippen molar-refractivity contribution in [3.05, 3.63) is 60.2 Å². The Hall–Kier alpha value is -2.04. The Bertz CT molecular complexity index is 566. The second-order valence-electron chi connectivity index (χ2n) is 5.69. The summed E-state index contributed by atoms with van der Waals surface area (Å²) in [4.78, 5) is 2.42. The lowest BCUT2D eigenvalue weighted by Crippen LogP contribution is -2.44. The summed E-state index contributed by atoms with van der Waals surface area (Å²) in [6, 6.07) is 18.0. The van der Waals surface area contributed by atoms with Gasteiger partial charge in [0, 0.05) is 32.7 Å². The monoisotopic (exact) mass is 312 g/mol. The molecular formula is C19H24N2O2. The molecule has 1 fully saturated rings. The predicted molar refractivity (Wildman–Crippen MR) is 92.0 cm³/mol. The van der Waals surface area contributed by atoms with Crippen molar-refractivity contribution >= 4 is 0 Å². The van der Waals surface area contributed by atoms with Crippen molar-refractivity contribution < 1.29 is 9.47 Å². The van der Waals surface area contributed by atoms with Crippen LogP contribution in [0.1, 0.15) is 5.56 Å². The molecule has 0 aromatic heterocycles. The minimum atomic E-state index is 0.587. The van der Waals surface area contributed by atoms with Crippen LogP contribution in [0.15, 0.2) is 54.6 Å². The summed E-state index contributed by atoms with van der Waals surface area (Å²) < 4.78 is 11.6. The molecule has 122 valence electrons. The molecule has 0 saturated carbocycles. The fourth-order valence-electron chi connectivity index (χ4n) is 2.60. The van der Waals surface area contributed by atoms with E-state index >= 15 is 0 Å². The summed E-state index contributed by atoms with van der Waals surface area (Å²) in [5.41, 5.74) is 1.17. The van der Waals surface area contributed by atoms with E-state index < -0.39 is 0 Å². The summed E-state index contributed by atoms with van der Waals surface area (Å²) in [6.45, 7) is 6.66. The maximum absolute atomic E-state index is 5.81. The molecule has 1 saturated heterocycles. The summed E-state index contributed by atoms with van der Waals surface area (Å²) in [5, 5.41) is 3.36. The van der Waals surface area contributed by atoms with Crippen LogP contribution in [0, 0.1) is 0 Å². The van der Waals surface area contributed by atoms with Gasteiger partial charge in [0.1, 0.15) is 24.7 Å². The van der Waals surface area contributed by atoms with E-state index in [1.54, 1.807) is 0 Å². The Morgan fingerprint density at radius 1 is 0.826 bits per heavy atom. The van der Waals surface area contributed by atoms with Crippen molar-refractivity contribution in [2.75, 3.05) is 39.3 Å². The van der Waals surface area contributed by atoms with Crippen LogP contribution in [0.3, 0.4) is 0 Å². The molecule has 0 unspecified atom stereocenters. The number of rotatable bonds is 7. The SMILES string of the molecule is c1ccc(COc2ccc(OCCN3CCNCC3)cc2)cc1. The molecule has 0 spiro atoms. The van der Waals surface area contributed by atoms with Gasteiger partial charge in [-0.05, 0) is 29.8 Å². The molecule has 0 radical (unpaired) electrons. The molecule has 0 bridgehead atoms. The Morgan fingerprint density at radius 2 is 1.48 bits per heavy atom. The molecule has 23 heavy (non-hydrogen) atoms. The Morgan fingerprint density at radius 3 is 2.17 bits per heavy atom. The third-order valence-electron chi connectivity index (χ3n) is 3.96. The van der Waals surface area contributed by atoms with E-state index in [9.17, 15) is 0 Å². The Kier molecular flexibility index (Phi) is 5.89. The van der Waals surface area contributed by atoms with E-state index in [1.807, 2.05) is 42.5 Å². The number of ether oxygens (including phenoxy) is 2. The van der Waals surface area contributed by atoms with Gasteiger partial charge in [0.15, 0.2) is 0 Å². The van der Waals surface area contributed by atoms with E-state index in [4.69, 9.17) is 9.47 Å². The topological polar surface area (TPSA) is 33.7 Å². The molecule has 0 amide bonds. The Labute approximate surface area is 138 Å². The first-order chi connectivity index (χ1) is 11.4. The summed E-state index contributed by atoms with van der Waals surface area (Å²) in [6.07, 6.45) is 0. The number of hydrogen-bond donors (Lipinski definition) is 1. The van der Waals surface area contributed by atoms with Gasteiger partial charge >= 0.3 is 0 Å². The highest BCUT2D eigenvalue weighted by Gasteiger charge is 2.08. The smallest absolute Gasteiger partial charge is 0.120 e. The fourth-order valence-corrected chi connectivity index (χ4v) is 2.60. The highest BCUT2D eigenvalue weighted by atomic mass is 16.5. The summed E-state index contributed by atoms with van der Waals surface area (Å²) in [5.74, 6) is 1.76. The zero-order valence-corrected chi connectivity index (χ0v) is 13.4. The normalized spacial score (nSPS) is 15.3. The van der Waals surface area contributed by atoms with Gasteiger partial charge in [-0.25, -0.2) is 0 Å². The van der Waals surface area contributed by atoms with E-state index in [1.165, 1.54) is 5.56 Å². The molecule has 2 aromatic rings. The summed E-state index contributed by atoms with van der Waals surface area (Å²) in [7, 11) is 0. The number of benzene rings is 2. The van der Waals surface area contributed by atoms with Gasteiger partial charge in [-0.1, -0.05) is 30.3 Å². The van der Waals surface area contributed by atoms with Crippen LogP contribution in [0.4, 0.5) is 0 Å². The fraction of sp³-hybridized carbons (Fsp3) is 0.368.